The molecule has 0 unspecified atom stereocenters. The van der Waals surface area contributed by atoms with Gasteiger partial charge < -0.3 is 10.2 Å². The number of carbonyl (C=O) groups excluding carboxylic acids is 1. The van der Waals surface area contributed by atoms with Gasteiger partial charge in [0.05, 0.1) is 28.8 Å². The highest BCUT2D eigenvalue weighted by Gasteiger charge is 2.30. The van der Waals surface area contributed by atoms with E-state index in [1.54, 1.807) is 37.3 Å². The van der Waals surface area contributed by atoms with Crippen LogP contribution in [0.5, 0.6) is 0 Å². The number of aromatic carboxylic acids is 2. The Kier molecular flexibility index (Phi) is 7.34. The van der Waals surface area contributed by atoms with Crippen molar-refractivity contribution in [2.24, 2.45) is 5.10 Å². The van der Waals surface area contributed by atoms with E-state index in [9.17, 15) is 27.6 Å². The highest BCUT2D eigenvalue weighted by Crippen LogP contribution is 2.31. The van der Waals surface area contributed by atoms with E-state index in [1.807, 2.05) is 0 Å². The number of carbonyl (C=O) groups is 3. The second-order valence-corrected chi connectivity index (χ2v) is 7.50. The van der Waals surface area contributed by atoms with Gasteiger partial charge in [0.25, 0.3) is 5.91 Å². The minimum absolute atomic E-state index is 0.0576. The number of rotatable bonds is 4. The molecule has 3 aromatic carbocycles. The fourth-order valence-electron chi connectivity index (χ4n) is 3.26. The Labute approximate surface area is 197 Å². The van der Waals surface area contributed by atoms with E-state index in [4.69, 9.17) is 10.2 Å². The molecule has 0 bridgehead atoms. The van der Waals surface area contributed by atoms with Crippen molar-refractivity contribution in [2.75, 3.05) is 5.01 Å². The standard InChI is InChI=1S/C14H9F3O2.C11H10N2O3/c15-14(16,17)10-7-5-9(6-8-10)11-3-1-2-4-12(11)13(18)19;1-7-6-10(14)13(12-7)9-4-2-8(3-5-9)11(15)16/h1-8H,(H,18,19);2-5H,6H2,1H3,(H,15,16). The molecule has 7 nitrogen and oxygen atoms in total. The Morgan fingerprint density at radius 2 is 1.49 bits per heavy atom. The number of amides is 1. The third-order valence-electron chi connectivity index (χ3n) is 4.95. The Hall–Kier alpha value is -4.47. The topological polar surface area (TPSA) is 107 Å². The molecule has 0 fully saturated rings. The summed E-state index contributed by atoms with van der Waals surface area (Å²) >= 11 is 0. The summed E-state index contributed by atoms with van der Waals surface area (Å²) in [6, 6.07) is 16.6. The lowest BCUT2D eigenvalue weighted by Gasteiger charge is -2.11. The predicted octanol–water partition coefficient (Wildman–Crippen LogP) is 5.57. The van der Waals surface area contributed by atoms with Gasteiger partial charge in [0, 0.05) is 5.71 Å². The van der Waals surface area contributed by atoms with Crippen LogP contribution in [-0.4, -0.2) is 33.8 Å². The number of hydrazone groups is 1. The van der Waals surface area contributed by atoms with Crippen LogP contribution >= 0.6 is 0 Å². The number of alkyl halides is 3. The molecule has 4 rings (SSSR count). The zero-order chi connectivity index (χ0) is 25.8. The van der Waals surface area contributed by atoms with Crippen LogP contribution in [0.25, 0.3) is 11.1 Å². The number of carboxylic acid groups (broad SMARTS) is 2. The van der Waals surface area contributed by atoms with Gasteiger partial charge in [-0.2, -0.15) is 18.3 Å². The summed E-state index contributed by atoms with van der Waals surface area (Å²) in [4.78, 5) is 33.2. The molecule has 10 heteroatoms. The van der Waals surface area contributed by atoms with Crippen LogP contribution in [0.2, 0.25) is 0 Å². The Bertz CT molecular complexity index is 1280. The summed E-state index contributed by atoms with van der Waals surface area (Å²) < 4.78 is 37.3. The average Bonchev–Trinajstić information content (AvgIpc) is 3.16. The highest BCUT2D eigenvalue weighted by atomic mass is 19.4. The molecule has 1 aliphatic heterocycles. The van der Waals surface area contributed by atoms with Gasteiger partial charge in [-0.05, 0) is 60.5 Å². The Morgan fingerprint density at radius 1 is 0.886 bits per heavy atom. The molecule has 1 aliphatic rings. The first-order valence-electron chi connectivity index (χ1n) is 10.2. The lowest BCUT2D eigenvalue weighted by molar-refractivity contribution is -0.137. The number of nitrogens with zero attached hydrogens (tertiary/aromatic N) is 2. The molecule has 0 saturated carbocycles. The average molecular weight is 484 g/mol. The molecular formula is C25H19F3N2O5. The van der Waals surface area contributed by atoms with Crippen LogP contribution in [0.1, 0.15) is 39.6 Å². The van der Waals surface area contributed by atoms with Gasteiger partial charge in [-0.1, -0.05) is 30.3 Å². The third kappa shape index (κ3) is 6.11. The molecular weight excluding hydrogens is 465 g/mol. The molecule has 0 aliphatic carbocycles. The molecule has 0 radical (unpaired) electrons. The van der Waals surface area contributed by atoms with Crippen molar-refractivity contribution < 1.29 is 37.8 Å². The highest BCUT2D eigenvalue weighted by molar-refractivity contribution is 6.12. The van der Waals surface area contributed by atoms with E-state index in [2.05, 4.69) is 5.10 Å². The van der Waals surface area contributed by atoms with E-state index in [1.165, 1.54) is 35.3 Å². The maximum atomic E-state index is 12.4. The van der Waals surface area contributed by atoms with Crippen LogP contribution in [0, 0.1) is 0 Å². The number of carboxylic acids is 2. The zero-order valence-corrected chi connectivity index (χ0v) is 18.3. The number of benzene rings is 3. The molecule has 0 aromatic heterocycles. The quantitative estimate of drug-likeness (QED) is 0.504. The molecule has 35 heavy (non-hydrogen) atoms. The molecule has 2 N–H and O–H groups in total. The molecule has 1 heterocycles. The predicted molar refractivity (Wildman–Crippen MR) is 122 cm³/mol. The van der Waals surface area contributed by atoms with Crippen LogP contribution in [0.4, 0.5) is 18.9 Å². The monoisotopic (exact) mass is 484 g/mol. The smallest absolute Gasteiger partial charge is 0.416 e. The first-order chi connectivity index (χ1) is 16.5. The summed E-state index contributed by atoms with van der Waals surface area (Å²) in [5, 5.41) is 23.1. The van der Waals surface area contributed by atoms with Crippen LogP contribution in [-0.2, 0) is 11.0 Å². The fraction of sp³-hybridized carbons (Fsp3) is 0.120. The van der Waals surface area contributed by atoms with E-state index < -0.39 is 23.7 Å². The van der Waals surface area contributed by atoms with Crippen molar-refractivity contribution in [1.82, 2.24) is 0 Å². The molecule has 3 aromatic rings. The largest absolute Gasteiger partial charge is 0.478 e. The summed E-state index contributed by atoms with van der Waals surface area (Å²) in [5.74, 6) is -2.20. The van der Waals surface area contributed by atoms with Crippen molar-refractivity contribution in [3.63, 3.8) is 0 Å². The lowest BCUT2D eigenvalue weighted by atomic mass is 9.99. The van der Waals surface area contributed by atoms with Gasteiger partial charge in [0.1, 0.15) is 0 Å². The zero-order valence-electron chi connectivity index (χ0n) is 18.3. The van der Waals surface area contributed by atoms with Crippen molar-refractivity contribution >= 4 is 29.2 Å². The van der Waals surface area contributed by atoms with Crippen LogP contribution < -0.4 is 5.01 Å². The summed E-state index contributed by atoms with van der Waals surface area (Å²) in [5.41, 5.74) is 1.66. The Morgan fingerprint density at radius 3 is 1.97 bits per heavy atom. The number of hydrogen-bond acceptors (Lipinski definition) is 4. The SMILES string of the molecule is CC1=NN(c2ccc(C(=O)O)cc2)C(=O)C1.O=C(O)c1ccccc1-c1ccc(C(F)(F)F)cc1. The molecule has 0 saturated heterocycles. The van der Waals surface area contributed by atoms with E-state index in [0.717, 1.165) is 17.8 Å². The molecule has 1 amide bonds. The normalized spacial score (nSPS) is 13.1. The van der Waals surface area contributed by atoms with Gasteiger partial charge in [-0.3, -0.25) is 4.79 Å². The maximum absolute atomic E-state index is 12.4. The van der Waals surface area contributed by atoms with Crippen molar-refractivity contribution in [3.8, 4) is 11.1 Å². The molecule has 180 valence electrons. The first kappa shape index (κ1) is 25.2. The van der Waals surface area contributed by atoms with Gasteiger partial charge in [-0.25, -0.2) is 14.6 Å². The lowest BCUT2D eigenvalue weighted by Crippen LogP contribution is -2.19. The summed E-state index contributed by atoms with van der Waals surface area (Å²) in [6.07, 6.45) is -4.08. The summed E-state index contributed by atoms with van der Waals surface area (Å²) in [7, 11) is 0. The second-order valence-electron chi connectivity index (χ2n) is 7.50. The maximum Gasteiger partial charge on any atom is 0.416 e. The van der Waals surface area contributed by atoms with Crippen molar-refractivity contribution in [3.05, 3.63) is 89.5 Å². The fourth-order valence-corrected chi connectivity index (χ4v) is 3.26. The van der Waals surface area contributed by atoms with E-state index in [-0.39, 0.29) is 17.0 Å². The van der Waals surface area contributed by atoms with Crippen molar-refractivity contribution in [1.29, 1.82) is 0 Å². The summed E-state index contributed by atoms with van der Waals surface area (Å²) in [6.45, 7) is 1.78. The number of halogens is 3. The van der Waals surface area contributed by atoms with Crippen LogP contribution in [0.15, 0.2) is 77.9 Å². The van der Waals surface area contributed by atoms with E-state index in [0.29, 0.717) is 23.2 Å². The van der Waals surface area contributed by atoms with Gasteiger partial charge in [-0.15, -0.1) is 0 Å². The van der Waals surface area contributed by atoms with Crippen molar-refractivity contribution in [2.45, 2.75) is 19.5 Å². The molecule has 0 atom stereocenters. The number of anilines is 1. The van der Waals surface area contributed by atoms with Gasteiger partial charge in [0.15, 0.2) is 0 Å². The van der Waals surface area contributed by atoms with E-state index >= 15 is 0 Å². The first-order valence-corrected chi connectivity index (χ1v) is 10.2. The number of hydrogen-bond donors (Lipinski definition) is 2. The second kappa shape index (κ2) is 10.2. The molecule has 0 spiro atoms. The third-order valence-corrected chi connectivity index (χ3v) is 4.95. The van der Waals surface area contributed by atoms with Gasteiger partial charge in [0.2, 0.25) is 0 Å². The van der Waals surface area contributed by atoms with Gasteiger partial charge >= 0.3 is 18.1 Å². The Balaban J connectivity index is 0.000000198. The minimum Gasteiger partial charge on any atom is -0.478 e. The minimum atomic E-state index is -4.40. The van der Waals surface area contributed by atoms with Crippen LogP contribution in [0.3, 0.4) is 0 Å².